The van der Waals surface area contributed by atoms with E-state index in [0.29, 0.717) is 50.2 Å². The highest BCUT2D eigenvalue weighted by molar-refractivity contribution is 6.02. The van der Waals surface area contributed by atoms with E-state index in [2.05, 4.69) is 0 Å². The number of fused-ring (bicyclic) bond motifs is 1. The number of hydrogen-bond donors (Lipinski definition) is 0. The Labute approximate surface area is 194 Å². The van der Waals surface area contributed by atoms with Crippen LogP contribution in [0, 0.1) is 26.7 Å². The summed E-state index contributed by atoms with van der Waals surface area (Å²) in [6.45, 7) is 7.48. The number of likely N-dealkylation sites (tertiary alicyclic amines) is 1. The fourth-order valence-electron chi connectivity index (χ4n) is 5.54. The van der Waals surface area contributed by atoms with Crippen LogP contribution in [-0.4, -0.2) is 47.7 Å². The molecule has 1 spiro atoms. The van der Waals surface area contributed by atoms with Gasteiger partial charge in [0.25, 0.3) is 0 Å². The van der Waals surface area contributed by atoms with E-state index in [-0.39, 0.29) is 29.9 Å². The highest BCUT2D eigenvalue weighted by Gasteiger charge is 2.45. The van der Waals surface area contributed by atoms with Crippen molar-refractivity contribution in [3.63, 3.8) is 0 Å². The van der Waals surface area contributed by atoms with E-state index in [9.17, 15) is 14.4 Å². The number of amides is 2. The third-order valence-corrected chi connectivity index (χ3v) is 7.34. The SMILES string of the molecule is Cc1ccc(N2CC(C(=O)N3CCC4(CC3)CC(=O)c3c(C)cc(C)cc3O4)CC2=O)cc1. The number of hydrogen-bond acceptors (Lipinski definition) is 4. The summed E-state index contributed by atoms with van der Waals surface area (Å²) < 4.78 is 6.43. The Morgan fingerprint density at radius 3 is 2.39 bits per heavy atom. The lowest BCUT2D eigenvalue weighted by Gasteiger charge is -2.44. The fraction of sp³-hybridized carbons (Fsp3) is 0.444. The topological polar surface area (TPSA) is 66.9 Å². The van der Waals surface area contributed by atoms with Crippen molar-refractivity contribution in [2.45, 2.75) is 52.1 Å². The van der Waals surface area contributed by atoms with Gasteiger partial charge in [0.2, 0.25) is 11.8 Å². The molecule has 1 atom stereocenters. The third kappa shape index (κ3) is 3.92. The molecular weight excluding hydrogens is 416 g/mol. The van der Waals surface area contributed by atoms with E-state index in [4.69, 9.17) is 4.74 Å². The molecule has 0 aromatic heterocycles. The Balaban J connectivity index is 1.25. The average Bonchev–Trinajstić information content (AvgIpc) is 3.15. The van der Waals surface area contributed by atoms with Gasteiger partial charge in [0, 0.05) is 44.6 Å². The van der Waals surface area contributed by atoms with Crippen molar-refractivity contribution < 1.29 is 19.1 Å². The maximum atomic E-state index is 13.2. The van der Waals surface area contributed by atoms with Crippen molar-refractivity contribution in [2.75, 3.05) is 24.5 Å². The first-order chi connectivity index (χ1) is 15.7. The predicted octanol–water partition coefficient (Wildman–Crippen LogP) is 3.99. The molecule has 3 aliphatic heterocycles. The molecule has 2 fully saturated rings. The molecule has 2 aromatic carbocycles. The van der Waals surface area contributed by atoms with Gasteiger partial charge in [0.1, 0.15) is 11.4 Å². The van der Waals surface area contributed by atoms with E-state index in [1.807, 2.05) is 62.1 Å². The fourth-order valence-corrected chi connectivity index (χ4v) is 5.54. The zero-order valence-corrected chi connectivity index (χ0v) is 19.5. The summed E-state index contributed by atoms with van der Waals surface area (Å²) in [5.41, 5.74) is 4.17. The average molecular weight is 447 g/mol. The normalized spacial score (nSPS) is 21.8. The summed E-state index contributed by atoms with van der Waals surface area (Å²) >= 11 is 0. The van der Waals surface area contributed by atoms with Crippen LogP contribution >= 0.6 is 0 Å². The van der Waals surface area contributed by atoms with Gasteiger partial charge < -0.3 is 14.5 Å². The number of piperidine rings is 1. The van der Waals surface area contributed by atoms with Gasteiger partial charge in [0.15, 0.2) is 5.78 Å². The second-order valence-electron chi connectivity index (χ2n) is 9.91. The van der Waals surface area contributed by atoms with Gasteiger partial charge in [-0.2, -0.15) is 0 Å². The van der Waals surface area contributed by atoms with E-state index < -0.39 is 5.60 Å². The van der Waals surface area contributed by atoms with Crippen molar-refractivity contribution in [3.8, 4) is 5.75 Å². The van der Waals surface area contributed by atoms with Gasteiger partial charge >= 0.3 is 0 Å². The minimum Gasteiger partial charge on any atom is -0.486 e. The Kier molecular flexibility index (Phi) is 5.26. The van der Waals surface area contributed by atoms with Gasteiger partial charge in [-0.1, -0.05) is 23.8 Å². The van der Waals surface area contributed by atoms with Crippen LogP contribution in [-0.2, 0) is 9.59 Å². The molecule has 3 heterocycles. The number of carbonyl (C=O) groups excluding carboxylic acids is 3. The van der Waals surface area contributed by atoms with Gasteiger partial charge in [-0.3, -0.25) is 14.4 Å². The Morgan fingerprint density at radius 1 is 1.00 bits per heavy atom. The van der Waals surface area contributed by atoms with Crippen LogP contribution < -0.4 is 9.64 Å². The predicted molar refractivity (Wildman–Crippen MR) is 126 cm³/mol. The van der Waals surface area contributed by atoms with Gasteiger partial charge in [-0.15, -0.1) is 0 Å². The van der Waals surface area contributed by atoms with Crippen LogP contribution in [0.15, 0.2) is 36.4 Å². The number of nitrogens with zero attached hydrogens (tertiary/aromatic N) is 2. The highest BCUT2D eigenvalue weighted by atomic mass is 16.5. The van der Waals surface area contributed by atoms with Crippen molar-refractivity contribution in [3.05, 3.63) is 58.7 Å². The van der Waals surface area contributed by atoms with Crippen molar-refractivity contribution in [1.29, 1.82) is 0 Å². The summed E-state index contributed by atoms with van der Waals surface area (Å²) in [7, 11) is 0. The lowest BCUT2D eigenvalue weighted by molar-refractivity contribution is -0.139. The molecular formula is C27H30N2O4. The van der Waals surface area contributed by atoms with Crippen LogP contribution in [0.3, 0.4) is 0 Å². The zero-order valence-electron chi connectivity index (χ0n) is 19.5. The Hall–Kier alpha value is -3.15. The van der Waals surface area contributed by atoms with E-state index in [1.54, 1.807) is 4.90 Å². The molecule has 0 aliphatic carbocycles. The molecule has 172 valence electrons. The van der Waals surface area contributed by atoms with Gasteiger partial charge in [-0.05, 0) is 50.1 Å². The lowest BCUT2D eigenvalue weighted by atomic mass is 9.81. The van der Waals surface area contributed by atoms with Crippen molar-refractivity contribution >= 4 is 23.3 Å². The van der Waals surface area contributed by atoms with Gasteiger partial charge in [-0.25, -0.2) is 0 Å². The maximum Gasteiger partial charge on any atom is 0.228 e. The van der Waals surface area contributed by atoms with Crippen LogP contribution in [0.5, 0.6) is 5.75 Å². The molecule has 0 N–H and O–H groups in total. The first kappa shape index (κ1) is 21.7. The Bertz CT molecular complexity index is 1130. The molecule has 3 aliphatic rings. The largest absolute Gasteiger partial charge is 0.486 e. The third-order valence-electron chi connectivity index (χ3n) is 7.34. The monoisotopic (exact) mass is 446 g/mol. The molecule has 33 heavy (non-hydrogen) atoms. The van der Waals surface area contributed by atoms with Gasteiger partial charge in [0.05, 0.1) is 17.9 Å². The number of carbonyl (C=O) groups is 3. The van der Waals surface area contributed by atoms with E-state index in [1.165, 1.54) is 0 Å². The first-order valence-electron chi connectivity index (χ1n) is 11.7. The summed E-state index contributed by atoms with van der Waals surface area (Å²) in [6.07, 6.45) is 1.85. The number of anilines is 1. The molecule has 0 bridgehead atoms. The molecule has 2 amide bonds. The Morgan fingerprint density at radius 2 is 1.70 bits per heavy atom. The second-order valence-corrected chi connectivity index (χ2v) is 9.91. The standard InChI is InChI=1S/C27H30N2O4/c1-17-4-6-21(7-5-17)29-16-20(14-24(29)31)26(32)28-10-8-27(9-11-28)15-22(30)25-19(3)12-18(2)13-23(25)33-27/h4-7,12-13,20H,8-11,14-16H2,1-3H3. The molecule has 6 heteroatoms. The molecule has 2 aromatic rings. The van der Waals surface area contributed by atoms with Crippen LogP contribution in [0.25, 0.3) is 0 Å². The number of rotatable bonds is 2. The first-order valence-corrected chi connectivity index (χ1v) is 11.7. The smallest absolute Gasteiger partial charge is 0.228 e. The molecule has 2 saturated heterocycles. The van der Waals surface area contributed by atoms with E-state index >= 15 is 0 Å². The summed E-state index contributed by atoms with van der Waals surface area (Å²) in [5, 5.41) is 0. The van der Waals surface area contributed by atoms with Crippen LogP contribution in [0.1, 0.15) is 52.7 Å². The number of aryl methyl sites for hydroxylation is 3. The zero-order chi connectivity index (χ0) is 23.3. The lowest BCUT2D eigenvalue weighted by Crippen LogP contribution is -2.53. The number of ketones is 1. The molecule has 1 unspecified atom stereocenters. The highest BCUT2D eigenvalue weighted by Crippen LogP contribution is 2.41. The number of Topliss-reactive ketones (excluding diaryl/α,β-unsaturated/α-hetero) is 1. The van der Waals surface area contributed by atoms with E-state index in [0.717, 1.165) is 22.4 Å². The van der Waals surface area contributed by atoms with Crippen LogP contribution in [0.4, 0.5) is 5.69 Å². The second kappa shape index (κ2) is 8.01. The van der Waals surface area contributed by atoms with Crippen LogP contribution in [0.2, 0.25) is 0 Å². The summed E-state index contributed by atoms with van der Waals surface area (Å²) in [5.74, 6) is 0.506. The molecule has 0 saturated carbocycles. The minimum atomic E-state index is -0.541. The number of ether oxygens (including phenoxy) is 1. The summed E-state index contributed by atoms with van der Waals surface area (Å²) in [6, 6.07) is 11.8. The summed E-state index contributed by atoms with van der Waals surface area (Å²) in [4.78, 5) is 42.4. The van der Waals surface area contributed by atoms with Crippen molar-refractivity contribution in [1.82, 2.24) is 4.90 Å². The minimum absolute atomic E-state index is 0.00533. The molecule has 6 nitrogen and oxygen atoms in total. The molecule has 0 radical (unpaired) electrons. The molecule has 5 rings (SSSR count). The number of benzene rings is 2. The quantitative estimate of drug-likeness (QED) is 0.700. The maximum absolute atomic E-state index is 13.2. The van der Waals surface area contributed by atoms with Crippen molar-refractivity contribution in [2.24, 2.45) is 5.92 Å².